The number of esters is 1. The molecule has 0 aromatic heterocycles. The van der Waals surface area contributed by atoms with Gasteiger partial charge in [0.05, 0.1) is 5.56 Å². The lowest BCUT2D eigenvalue weighted by Gasteiger charge is -2.28. The zero-order valence-electron chi connectivity index (χ0n) is 21.7. The molecular weight excluding hydrogens is 404 g/mol. The van der Waals surface area contributed by atoms with Crippen LogP contribution in [0.1, 0.15) is 139 Å². The second kappa shape index (κ2) is 14.8. The number of ether oxygens (including phenoxy) is 1. The number of carbonyl (C=O) groups is 1. The van der Waals surface area contributed by atoms with Crippen molar-refractivity contribution in [3.05, 3.63) is 35.4 Å². The van der Waals surface area contributed by atoms with Crippen LogP contribution < -0.4 is 0 Å². The lowest BCUT2D eigenvalue weighted by Crippen LogP contribution is -2.24. The van der Waals surface area contributed by atoms with Crippen LogP contribution >= 0.6 is 0 Å². The van der Waals surface area contributed by atoms with Crippen molar-refractivity contribution in [3.63, 3.8) is 0 Å². The van der Waals surface area contributed by atoms with Gasteiger partial charge in [0, 0.05) is 0 Å². The van der Waals surface area contributed by atoms with Crippen molar-refractivity contribution < 1.29 is 9.53 Å². The number of carbonyl (C=O) groups excluding carboxylic acids is 1. The number of hydrogen-bond donors (Lipinski definition) is 0. The molecule has 0 radical (unpaired) electrons. The molecule has 186 valence electrons. The van der Waals surface area contributed by atoms with Gasteiger partial charge < -0.3 is 4.74 Å². The summed E-state index contributed by atoms with van der Waals surface area (Å²) in [5.41, 5.74) is 2.07. The number of rotatable bonds is 13. The summed E-state index contributed by atoms with van der Waals surface area (Å²) in [6, 6.07) is 8.22. The predicted octanol–water partition coefficient (Wildman–Crippen LogP) is 9.30. The van der Waals surface area contributed by atoms with E-state index in [-0.39, 0.29) is 12.1 Å². The molecule has 0 N–H and O–H groups in total. The van der Waals surface area contributed by atoms with E-state index in [9.17, 15) is 4.79 Å². The fourth-order valence-electron chi connectivity index (χ4n) is 6.23. The third-order valence-electron chi connectivity index (χ3n) is 8.46. The van der Waals surface area contributed by atoms with Gasteiger partial charge in [-0.15, -0.1) is 0 Å². The molecule has 0 bridgehead atoms. The molecule has 2 nitrogen and oxygen atoms in total. The minimum atomic E-state index is -0.134. The number of unbranched alkanes of at least 4 members (excludes halogenated alkanes) is 3. The second-order valence-corrected chi connectivity index (χ2v) is 11.2. The van der Waals surface area contributed by atoms with Gasteiger partial charge in [-0.05, 0) is 74.0 Å². The first-order valence-corrected chi connectivity index (χ1v) is 14.5. The summed E-state index contributed by atoms with van der Waals surface area (Å²) in [7, 11) is 0. The highest BCUT2D eigenvalue weighted by Gasteiger charge is 2.24. The first-order valence-electron chi connectivity index (χ1n) is 14.5. The Hall–Kier alpha value is -1.31. The first-order chi connectivity index (χ1) is 16.2. The number of aryl methyl sites for hydroxylation is 1. The molecule has 0 aliphatic heterocycles. The van der Waals surface area contributed by atoms with Crippen molar-refractivity contribution >= 4 is 5.97 Å². The molecule has 2 heteroatoms. The summed E-state index contributed by atoms with van der Waals surface area (Å²) >= 11 is 0. The maximum atomic E-state index is 12.5. The molecule has 2 fully saturated rings. The molecule has 0 unspecified atom stereocenters. The van der Waals surface area contributed by atoms with E-state index in [1.807, 2.05) is 12.1 Å². The van der Waals surface area contributed by atoms with Gasteiger partial charge in [0.2, 0.25) is 0 Å². The van der Waals surface area contributed by atoms with Crippen LogP contribution in [0.15, 0.2) is 24.3 Å². The van der Waals surface area contributed by atoms with Crippen LogP contribution in [-0.2, 0) is 11.2 Å². The Kier molecular flexibility index (Phi) is 11.8. The van der Waals surface area contributed by atoms with Crippen molar-refractivity contribution in [1.82, 2.24) is 0 Å². The zero-order chi connectivity index (χ0) is 23.3. The van der Waals surface area contributed by atoms with Crippen molar-refractivity contribution in [3.8, 4) is 0 Å². The Morgan fingerprint density at radius 2 is 1.24 bits per heavy atom. The molecule has 0 atom stereocenters. The Balaban J connectivity index is 1.27. The Morgan fingerprint density at radius 3 is 1.82 bits per heavy atom. The third-order valence-corrected chi connectivity index (χ3v) is 8.46. The van der Waals surface area contributed by atoms with E-state index >= 15 is 0 Å². The fraction of sp³-hybridized carbons (Fsp3) is 0.774. The van der Waals surface area contributed by atoms with Gasteiger partial charge in [-0.3, -0.25) is 0 Å². The topological polar surface area (TPSA) is 26.3 Å². The zero-order valence-corrected chi connectivity index (χ0v) is 21.7. The van der Waals surface area contributed by atoms with Gasteiger partial charge in [0.15, 0.2) is 0 Å². The minimum absolute atomic E-state index is 0.122. The predicted molar refractivity (Wildman–Crippen MR) is 140 cm³/mol. The number of benzene rings is 1. The van der Waals surface area contributed by atoms with Gasteiger partial charge in [0.25, 0.3) is 0 Å². The van der Waals surface area contributed by atoms with E-state index in [2.05, 4.69) is 26.0 Å². The van der Waals surface area contributed by atoms with E-state index in [1.54, 1.807) is 0 Å². The lowest BCUT2D eigenvalue weighted by atomic mass is 9.78. The summed E-state index contributed by atoms with van der Waals surface area (Å²) in [6.45, 7) is 4.57. The van der Waals surface area contributed by atoms with E-state index in [0.717, 1.165) is 37.0 Å². The Bertz CT molecular complexity index is 648. The first kappa shape index (κ1) is 26.3. The maximum Gasteiger partial charge on any atom is 0.338 e. The normalized spacial score (nSPS) is 25.6. The summed E-state index contributed by atoms with van der Waals surface area (Å²) in [4.78, 5) is 12.5. The van der Waals surface area contributed by atoms with Crippen molar-refractivity contribution in [2.75, 3.05) is 0 Å². The van der Waals surface area contributed by atoms with Crippen molar-refractivity contribution in [2.24, 2.45) is 17.8 Å². The average molecular weight is 455 g/mol. The lowest BCUT2D eigenvalue weighted by molar-refractivity contribution is 0.0161. The van der Waals surface area contributed by atoms with Crippen LogP contribution in [0.4, 0.5) is 0 Å². The monoisotopic (exact) mass is 454 g/mol. The standard InChI is InChI=1S/C31H50O2/c1-3-5-6-10-26-13-15-27(16-14-26)11-7-8-12-28-17-21-29(22-18-28)31(32)33-30-23-19-25(9-4-2)20-24-30/h17-18,21-22,25-27,30H,3-16,19-20,23-24H2,1-2H3. The third kappa shape index (κ3) is 9.45. The molecule has 33 heavy (non-hydrogen) atoms. The van der Waals surface area contributed by atoms with E-state index < -0.39 is 0 Å². The van der Waals surface area contributed by atoms with Crippen LogP contribution in [-0.4, -0.2) is 12.1 Å². The summed E-state index contributed by atoms with van der Waals surface area (Å²) in [6.07, 6.45) is 23.9. The summed E-state index contributed by atoms with van der Waals surface area (Å²) in [5, 5.41) is 0. The molecule has 2 aliphatic carbocycles. The highest BCUT2D eigenvalue weighted by atomic mass is 16.5. The van der Waals surface area contributed by atoms with Gasteiger partial charge in [0.1, 0.15) is 6.10 Å². The Labute approximate surface area is 204 Å². The summed E-state index contributed by atoms with van der Waals surface area (Å²) in [5.74, 6) is 2.70. The smallest absolute Gasteiger partial charge is 0.338 e. The molecule has 2 saturated carbocycles. The molecule has 3 rings (SSSR count). The molecule has 0 spiro atoms. The molecule has 0 saturated heterocycles. The van der Waals surface area contributed by atoms with Crippen LogP contribution in [0.5, 0.6) is 0 Å². The van der Waals surface area contributed by atoms with E-state index in [0.29, 0.717) is 5.56 Å². The second-order valence-electron chi connectivity index (χ2n) is 11.2. The SMILES string of the molecule is CCCCCC1CCC(CCCCc2ccc(C(=O)OC3CCC(CCC)CC3)cc2)CC1. The van der Waals surface area contributed by atoms with Gasteiger partial charge in [-0.1, -0.05) is 103 Å². The maximum absolute atomic E-state index is 12.5. The average Bonchev–Trinajstić information content (AvgIpc) is 2.85. The van der Waals surface area contributed by atoms with E-state index in [1.165, 1.54) is 102 Å². The molecule has 0 heterocycles. The highest BCUT2D eigenvalue weighted by Crippen LogP contribution is 2.34. The molecule has 1 aromatic rings. The fourth-order valence-corrected chi connectivity index (χ4v) is 6.23. The summed E-state index contributed by atoms with van der Waals surface area (Å²) < 4.78 is 5.81. The molecule has 1 aromatic carbocycles. The van der Waals surface area contributed by atoms with Crippen molar-refractivity contribution in [1.29, 1.82) is 0 Å². The molecule has 0 amide bonds. The van der Waals surface area contributed by atoms with E-state index in [4.69, 9.17) is 4.74 Å². The van der Waals surface area contributed by atoms with Crippen LogP contribution in [0, 0.1) is 17.8 Å². The van der Waals surface area contributed by atoms with Gasteiger partial charge >= 0.3 is 5.97 Å². The highest BCUT2D eigenvalue weighted by molar-refractivity contribution is 5.89. The van der Waals surface area contributed by atoms with Gasteiger partial charge in [-0.2, -0.15) is 0 Å². The molecular formula is C31H50O2. The van der Waals surface area contributed by atoms with Crippen LogP contribution in [0.2, 0.25) is 0 Å². The van der Waals surface area contributed by atoms with Gasteiger partial charge in [-0.25, -0.2) is 4.79 Å². The largest absolute Gasteiger partial charge is 0.459 e. The Morgan fingerprint density at radius 1 is 0.697 bits per heavy atom. The van der Waals surface area contributed by atoms with Crippen LogP contribution in [0.25, 0.3) is 0 Å². The minimum Gasteiger partial charge on any atom is -0.459 e. The number of hydrogen-bond acceptors (Lipinski definition) is 2. The van der Waals surface area contributed by atoms with Crippen molar-refractivity contribution in [2.45, 2.75) is 136 Å². The van der Waals surface area contributed by atoms with Crippen LogP contribution in [0.3, 0.4) is 0 Å². The quantitative estimate of drug-likeness (QED) is 0.219. The molecule has 2 aliphatic rings.